The van der Waals surface area contributed by atoms with Gasteiger partial charge in [-0.15, -0.1) is 12.4 Å². The Kier molecular flexibility index (Phi) is 9.77. The molecule has 222 valence electrons. The van der Waals surface area contributed by atoms with E-state index in [0.29, 0.717) is 28.2 Å². The molecule has 0 spiro atoms. The highest BCUT2D eigenvalue weighted by molar-refractivity contribution is 5.94. The number of nitrogens with zero attached hydrogens (tertiary/aromatic N) is 4. The first-order valence-electron chi connectivity index (χ1n) is 12.9. The fourth-order valence-corrected chi connectivity index (χ4v) is 4.52. The van der Waals surface area contributed by atoms with Gasteiger partial charge in [0.1, 0.15) is 23.9 Å². The second kappa shape index (κ2) is 13.7. The van der Waals surface area contributed by atoms with Gasteiger partial charge >= 0.3 is 6.18 Å². The maximum Gasteiger partial charge on any atom is 0.416 e. The normalized spacial score (nSPS) is 12.5. The van der Waals surface area contributed by atoms with Crippen LogP contribution in [0.4, 0.5) is 18.9 Å². The van der Waals surface area contributed by atoms with Gasteiger partial charge in [-0.05, 0) is 48.0 Å². The molecule has 0 aliphatic carbocycles. The summed E-state index contributed by atoms with van der Waals surface area (Å²) in [6.07, 6.45) is 3.27. The maximum absolute atomic E-state index is 13.2. The highest BCUT2D eigenvalue weighted by Gasteiger charge is 2.31. The molecular weight excluding hydrogens is 595 g/mol. The summed E-state index contributed by atoms with van der Waals surface area (Å²) < 4.78 is 41.1. The summed E-state index contributed by atoms with van der Waals surface area (Å²) in [5, 5.41) is 7.19. The second-order valence-corrected chi connectivity index (χ2v) is 9.37. The van der Waals surface area contributed by atoms with Gasteiger partial charge in [0.25, 0.3) is 0 Å². The molecule has 12 heteroatoms. The van der Waals surface area contributed by atoms with Crippen molar-refractivity contribution in [3.8, 4) is 11.3 Å². The van der Waals surface area contributed by atoms with E-state index in [4.69, 9.17) is 5.10 Å². The van der Waals surface area contributed by atoms with Crippen LogP contribution in [0.3, 0.4) is 0 Å². The molecule has 0 bridgehead atoms. The molecule has 2 aromatic carbocycles. The van der Waals surface area contributed by atoms with E-state index < -0.39 is 24.2 Å². The molecule has 0 saturated carbocycles. The second-order valence-electron chi connectivity index (χ2n) is 9.37. The minimum absolute atomic E-state index is 0. The average Bonchev–Trinajstić information content (AvgIpc) is 3.44. The summed E-state index contributed by atoms with van der Waals surface area (Å²) in [5.41, 5.74) is 2.14. The first kappa shape index (κ1) is 31.5. The molecule has 1 aliphatic rings. The van der Waals surface area contributed by atoms with Crippen molar-refractivity contribution in [3.63, 3.8) is 0 Å². The lowest BCUT2D eigenvalue weighted by Crippen LogP contribution is -2.32. The van der Waals surface area contributed by atoms with Crippen molar-refractivity contribution in [1.29, 1.82) is 0 Å². The molecule has 1 amide bonds. The minimum Gasteiger partial charge on any atom is -0.325 e. The van der Waals surface area contributed by atoms with Crippen LogP contribution in [-0.4, -0.2) is 44.0 Å². The van der Waals surface area contributed by atoms with Crippen LogP contribution in [0, 0.1) is 0 Å². The molecule has 0 unspecified atom stereocenters. The SMILES string of the molecule is Cl.O=C=C(Cn1nc(C2=CC=CC(=C=O)N2CC(=O)Nc2cccc(C(F)(F)F)c2)cc1-c1ccccc1)c1cccnc1. The van der Waals surface area contributed by atoms with Crippen LogP contribution in [-0.2, 0) is 27.1 Å². The molecule has 1 N–H and O–H groups in total. The van der Waals surface area contributed by atoms with Crippen LogP contribution in [0.5, 0.6) is 0 Å². The van der Waals surface area contributed by atoms with E-state index in [9.17, 15) is 27.6 Å². The number of hydrogen-bond donors (Lipinski definition) is 1. The van der Waals surface area contributed by atoms with Crippen molar-refractivity contribution in [1.82, 2.24) is 19.7 Å². The zero-order valence-corrected chi connectivity index (χ0v) is 23.6. The first-order chi connectivity index (χ1) is 20.8. The monoisotopic (exact) mass is 617 g/mol. The van der Waals surface area contributed by atoms with Gasteiger partial charge in [-0.1, -0.05) is 48.5 Å². The lowest BCUT2D eigenvalue weighted by molar-refractivity contribution is -0.137. The van der Waals surface area contributed by atoms with E-state index >= 15 is 0 Å². The Hall–Kier alpha value is -5.47. The summed E-state index contributed by atoms with van der Waals surface area (Å²) in [4.78, 5) is 42.2. The summed E-state index contributed by atoms with van der Waals surface area (Å²) in [5.74, 6) is 3.11. The molecule has 8 nitrogen and oxygen atoms in total. The number of aromatic nitrogens is 3. The number of hydrogen-bond acceptors (Lipinski definition) is 6. The summed E-state index contributed by atoms with van der Waals surface area (Å²) in [6, 6.07) is 18.8. The Bertz CT molecular complexity index is 1820. The summed E-state index contributed by atoms with van der Waals surface area (Å²) in [7, 11) is 0. The number of alkyl halides is 3. The maximum atomic E-state index is 13.2. The van der Waals surface area contributed by atoms with Crippen LogP contribution in [0.1, 0.15) is 16.8 Å². The predicted octanol–water partition coefficient (Wildman–Crippen LogP) is 5.87. The predicted molar refractivity (Wildman–Crippen MR) is 161 cm³/mol. The lowest BCUT2D eigenvalue weighted by Gasteiger charge is -2.26. The number of anilines is 1. The van der Waals surface area contributed by atoms with Gasteiger partial charge in [-0.3, -0.25) is 14.5 Å². The van der Waals surface area contributed by atoms with Crippen molar-refractivity contribution < 1.29 is 27.6 Å². The lowest BCUT2D eigenvalue weighted by atomic mass is 10.1. The Labute approximate surface area is 255 Å². The van der Waals surface area contributed by atoms with Gasteiger partial charge < -0.3 is 10.2 Å². The quantitative estimate of drug-likeness (QED) is 0.249. The number of pyridine rings is 1. The van der Waals surface area contributed by atoms with E-state index in [-0.39, 0.29) is 30.3 Å². The van der Waals surface area contributed by atoms with E-state index in [1.807, 2.05) is 42.2 Å². The van der Waals surface area contributed by atoms with Crippen LogP contribution in [0.2, 0.25) is 0 Å². The molecule has 0 atom stereocenters. The Morgan fingerprint density at radius 1 is 0.955 bits per heavy atom. The van der Waals surface area contributed by atoms with E-state index in [1.165, 1.54) is 23.1 Å². The van der Waals surface area contributed by atoms with Crippen LogP contribution < -0.4 is 5.32 Å². The molecule has 3 heterocycles. The third-order valence-electron chi connectivity index (χ3n) is 6.52. The van der Waals surface area contributed by atoms with Crippen LogP contribution in [0.15, 0.2) is 109 Å². The zero-order chi connectivity index (χ0) is 30.4. The number of nitrogens with one attached hydrogen (secondary N) is 1. The number of amides is 1. The van der Waals surface area contributed by atoms with Gasteiger partial charge in [-0.2, -0.15) is 18.3 Å². The number of carbonyl (C=O) groups is 1. The number of rotatable bonds is 8. The van der Waals surface area contributed by atoms with E-state index in [1.54, 1.807) is 47.4 Å². The molecule has 0 fully saturated rings. The smallest absolute Gasteiger partial charge is 0.325 e. The molecular formula is C32H23ClF3N5O3. The molecule has 44 heavy (non-hydrogen) atoms. The molecule has 0 radical (unpaired) electrons. The largest absolute Gasteiger partial charge is 0.416 e. The van der Waals surface area contributed by atoms with Crippen molar-refractivity contribution >= 4 is 47.2 Å². The van der Waals surface area contributed by atoms with E-state index in [0.717, 1.165) is 17.7 Å². The van der Waals surface area contributed by atoms with Crippen molar-refractivity contribution in [3.05, 3.63) is 126 Å². The van der Waals surface area contributed by atoms with Crippen molar-refractivity contribution in [2.75, 3.05) is 11.9 Å². The van der Waals surface area contributed by atoms with E-state index in [2.05, 4.69) is 10.3 Å². The Balaban J connectivity index is 0.00000442. The highest BCUT2D eigenvalue weighted by atomic mass is 35.5. The van der Waals surface area contributed by atoms with Gasteiger partial charge in [0.05, 0.1) is 29.1 Å². The molecule has 2 aromatic heterocycles. The average molecular weight is 618 g/mol. The fraction of sp³-hybridized carbons (Fsp3) is 0.0938. The standard InChI is InChI=1S/C32H22F3N5O3.ClH/c33-32(34,35)25-10-4-11-26(15-25)37-31(43)19-39-27(21-42)12-5-13-29(39)28-16-30(22-7-2-1-3-8-22)40(38-28)18-24(20-41)23-9-6-14-36-17-23;/h1-17H,18-19H2,(H,37,43);1H. The number of benzene rings is 2. The third-order valence-corrected chi connectivity index (χ3v) is 6.52. The number of carbonyl (C=O) groups excluding carboxylic acids is 3. The minimum atomic E-state index is -4.58. The Morgan fingerprint density at radius 2 is 1.75 bits per heavy atom. The summed E-state index contributed by atoms with van der Waals surface area (Å²) in [6.45, 7) is -0.366. The molecule has 1 aliphatic heterocycles. The molecule has 4 aromatic rings. The number of halogens is 4. The molecule has 0 saturated heterocycles. The van der Waals surface area contributed by atoms with Crippen molar-refractivity contribution in [2.24, 2.45) is 0 Å². The van der Waals surface area contributed by atoms with Crippen LogP contribution >= 0.6 is 12.4 Å². The summed E-state index contributed by atoms with van der Waals surface area (Å²) >= 11 is 0. The zero-order valence-electron chi connectivity index (χ0n) is 22.8. The van der Waals surface area contributed by atoms with Gasteiger partial charge in [0, 0.05) is 23.6 Å². The highest BCUT2D eigenvalue weighted by Crippen LogP contribution is 2.32. The first-order valence-corrected chi connectivity index (χ1v) is 12.9. The van der Waals surface area contributed by atoms with Crippen LogP contribution in [0.25, 0.3) is 22.5 Å². The van der Waals surface area contributed by atoms with Gasteiger partial charge in [0.2, 0.25) is 5.91 Å². The third kappa shape index (κ3) is 7.11. The number of allylic oxidation sites excluding steroid dienone is 4. The van der Waals surface area contributed by atoms with Crippen molar-refractivity contribution in [2.45, 2.75) is 12.7 Å². The van der Waals surface area contributed by atoms with Gasteiger partial charge in [0.15, 0.2) is 5.94 Å². The fourth-order valence-electron chi connectivity index (χ4n) is 4.52. The Morgan fingerprint density at radius 3 is 2.43 bits per heavy atom. The molecule has 5 rings (SSSR count). The van der Waals surface area contributed by atoms with Gasteiger partial charge in [-0.25, -0.2) is 9.59 Å². The topological polar surface area (TPSA) is 97.2 Å².